The van der Waals surface area contributed by atoms with Crippen LogP contribution in [0.2, 0.25) is 0 Å². The average Bonchev–Trinajstić information content (AvgIpc) is 2.78. The topological polar surface area (TPSA) is 72.7 Å². The Labute approximate surface area is 97.9 Å². The molecule has 17 heavy (non-hydrogen) atoms. The van der Waals surface area contributed by atoms with Gasteiger partial charge in [0.15, 0.2) is 6.23 Å². The summed E-state index contributed by atoms with van der Waals surface area (Å²) in [5.41, 5.74) is 0.782. The van der Waals surface area contributed by atoms with Crippen molar-refractivity contribution in [3.05, 3.63) is 39.9 Å². The Morgan fingerprint density at radius 2 is 2.12 bits per heavy atom. The zero-order chi connectivity index (χ0) is 12.4. The molecule has 1 atom stereocenters. The van der Waals surface area contributed by atoms with E-state index >= 15 is 0 Å². The standard InChI is InChI=1S/C11H12N2O4/c1-8(14)12-6-7-17-11(12)9-2-4-10(5-3-9)13(15)16/h2-5,11H,6-7H2,1H3/t11-/m0/s1. The second-order valence-corrected chi connectivity index (χ2v) is 3.78. The quantitative estimate of drug-likeness (QED) is 0.575. The maximum Gasteiger partial charge on any atom is 0.269 e. The summed E-state index contributed by atoms with van der Waals surface area (Å²) in [7, 11) is 0. The molecule has 0 N–H and O–H groups in total. The highest BCUT2D eigenvalue weighted by atomic mass is 16.6. The number of nitrogens with zero attached hydrogens (tertiary/aromatic N) is 2. The van der Waals surface area contributed by atoms with Crippen molar-refractivity contribution in [1.82, 2.24) is 4.90 Å². The van der Waals surface area contributed by atoms with E-state index in [9.17, 15) is 14.9 Å². The fourth-order valence-corrected chi connectivity index (χ4v) is 1.83. The van der Waals surface area contributed by atoms with Crippen LogP contribution in [0.15, 0.2) is 24.3 Å². The SMILES string of the molecule is CC(=O)N1CCO[C@H]1c1ccc([N+](=O)[O-])cc1. The van der Waals surface area contributed by atoms with Crippen LogP contribution in [0.4, 0.5) is 5.69 Å². The van der Waals surface area contributed by atoms with E-state index in [1.54, 1.807) is 17.0 Å². The molecular weight excluding hydrogens is 224 g/mol. The van der Waals surface area contributed by atoms with Crippen LogP contribution in [0.1, 0.15) is 18.7 Å². The van der Waals surface area contributed by atoms with Crippen molar-refractivity contribution in [3.63, 3.8) is 0 Å². The van der Waals surface area contributed by atoms with Gasteiger partial charge in [-0.15, -0.1) is 0 Å². The van der Waals surface area contributed by atoms with Gasteiger partial charge in [-0.3, -0.25) is 14.9 Å². The van der Waals surface area contributed by atoms with Gasteiger partial charge in [-0.1, -0.05) is 0 Å². The lowest BCUT2D eigenvalue weighted by molar-refractivity contribution is -0.384. The third-order valence-electron chi connectivity index (χ3n) is 2.68. The molecule has 90 valence electrons. The summed E-state index contributed by atoms with van der Waals surface area (Å²) in [4.78, 5) is 23.0. The number of non-ortho nitro benzene ring substituents is 1. The molecule has 0 saturated carbocycles. The molecule has 2 rings (SSSR count). The number of amides is 1. The molecule has 1 saturated heterocycles. The Bertz CT molecular complexity index is 443. The van der Waals surface area contributed by atoms with Crippen molar-refractivity contribution in [3.8, 4) is 0 Å². The maximum absolute atomic E-state index is 11.3. The van der Waals surface area contributed by atoms with E-state index in [-0.39, 0.29) is 11.6 Å². The summed E-state index contributed by atoms with van der Waals surface area (Å²) in [6.45, 7) is 2.52. The van der Waals surface area contributed by atoms with Crippen molar-refractivity contribution < 1.29 is 14.5 Å². The second-order valence-electron chi connectivity index (χ2n) is 3.78. The molecule has 1 heterocycles. The molecule has 1 aliphatic rings. The van der Waals surface area contributed by atoms with Gasteiger partial charge < -0.3 is 9.64 Å². The summed E-state index contributed by atoms with van der Waals surface area (Å²) >= 11 is 0. The summed E-state index contributed by atoms with van der Waals surface area (Å²) in [5, 5.41) is 10.5. The van der Waals surface area contributed by atoms with E-state index in [2.05, 4.69) is 0 Å². The van der Waals surface area contributed by atoms with E-state index in [4.69, 9.17) is 4.74 Å². The van der Waals surface area contributed by atoms with Crippen molar-refractivity contribution in [2.45, 2.75) is 13.2 Å². The minimum absolute atomic E-state index is 0.0288. The van der Waals surface area contributed by atoms with Gasteiger partial charge in [0, 0.05) is 31.2 Å². The lowest BCUT2D eigenvalue weighted by atomic mass is 10.1. The first-order chi connectivity index (χ1) is 8.09. The first kappa shape index (κ1) is 11.5. The lowest BCUT2D eigenvalue weighted by Gasteiger charge is -2.21. The molecule has 1 aromatic carbocycles. The first-order valence-corrected chi connectivity index (χ1v) is 5.23. The fourth-order valence-electron chi connectivity index (χ4n) is 1.83. The minimum Gasteiger partial charge on any atom is -0.352 e. The molecule has 0 unspecified atom stereocenters. The van der Waals surface area contributed by atoms with Gasteiger partial charge in [-0.2, -0.15) is 0 Å². The molecule has 0 radical (unpaired) electrons. The normalized spacial score (nSPS) is 19.4. The van der Waals surface area contributed by atoms with Gasteiger partial charge in [0.25, 0.3) is 5.69 Å². The van der Waals surface area contributed by atoms with E-state index in [1.807, 2.05) is 0 Å². The Balaban J connectivity index is 2.22. The van der Waals surface area contributed by atoms with Crippen LogP contribution in [0.25, 0.3) is 0 Å². The molecule has 0 aromatic heterocycles. The molecule has 1 aromatic rings. The summed E-state index contributed by atoms with van der Waals surface area (Å²) in [5.74, 6) is -0.0640. The van der Waals surface area contributed by atoms with E-state index < -0.39 is 11.2 Å². The number of hydrogen-bond donors (Lipinski definition) is 0. The Morgan fingerprint density at radius 3 is 2.65 bits per heavy atom. The smallest absolute Gasteiger partial charge is 0.269 e. The number of carbonyl (C=O) groups is 1. The molecule has 0 spiro atoms. The molecular formula is C11H12N2O4. The average molecular weight is 236 g/mol. The third-order valence-corrected chi connectivity index (χ3v) is 2.68. The number of rotatable bonds is 2. The summed E-state index contributed by atoms with van der Waals surface area (Å²) in [6.07, 6.45) is -0.423. The van der Waals surface area contributed by atoms with Gasteiger partial charge >= 0.3 is 0 Å². The number of hydrogen-bond acceptors (Lipinski definition) is 4. The Hall–Kier alpha value is -1.95. The first-order valence-electron chi connectivity index (χ1n) is 5.23. The molecule has 1 aliphatic heterocycles. The van der Waals surface area contributed by atoms with Gasteiger partial charge in [0.05, 0.1) is 11.5 Å². The van der Waals surface area contributed by atoms with E-state index in [0.29, 0.717) is 13.2 Å². The highest BCUT2D eigenvalue weighted by Crippen LogP contribution is 2.27. The van der Waals surface area contributed by atoms with E-state index in [0.717, 1.165) is 5.56 Å². The molecule has 1 fully saturated rings. The Morgan fingerprint density at radius 1 is 1.47 bits per heavy atom. The predicted molar refractivity (Wildman–Crippen MR) is 59.2 cm³/mol. The number of nitro groups is 1. The van der Waals surface area contributed by atoms with Crippen LogP contribution in [-0.4, -0.2) is 28.9 Å². The van der Waals surface area contributed by atoms with Crippen molar-refractivity contribution in [2.75, 3.05) is 13.2 Å². The molecule has 0 aliphatic carbocycles. The molecule has 6 nitrogen and oxygen atoms in total. The number of carbonyl (C=O) groups excluding carboxylic acids is 1. The van der Waals surface area contributed by atoms with Crippen molar-refractivity contribution in [1.29, 1.82) is 0 Å². The molecule has 0 bridgehead atoms. The van der Waals surface area contributed by atoms with Gasteiger partial charge in [0.1, 0.15) is 0 Å². The van der Waals surface area contributed by atoms with Crippen LogP contribution in [0.3, 0.4) is 0 Å². The fraction of sp³-hybridized carbons (Fsp3) is 0.364. The number of benzene rings is 1. The van der Waals surface area contributed by atoms with Crippen molar-refractivity contribution in [2.24, 2.45) is 0 Å². The van der Waals surface area contributed by atoms with Crippen LogP contribution < -0.4 is 0 Å². The zero-order valence-corrected chi connectivity index (χ0v) is 9.33. The lowest BCUT2D eigenvalue weighted by Crippen LogP contribution is -2.28. The van der Waals surface area contributed by atoms with Gasteiger partial charge in [-0.25, -0.2) is 0 Å². The summed E-state index contributed by atoms with van der Waals surface area (Å²) < 4.78 is 5.45. The zero-order valence-electron chi connectivity index (χ0n) is 9.33. The Kier molecular flexibility index (Phi) is 3.06. The predicted octanol–water partition coefficient (Wildman–Crippen LogP) is 1.47. The van der Waals surface area contributed by atoms with Crippen LogP contribution >= 0.6 is 0 Å². The monoisotopic (exact) mass is 236 g/mol. The van der Waals surface area contributed by atoms with Gasteiger partial charge in [0.2, 0.25) is 5.91 Å². The van der Waals surface area contributed by atoms with Crippen molar-refractivity contribution >= 4 is 11.6 Å². The number of ether oxygens (including phenoxy) is 1. The van der Waals surface area contributed by atoms with Crippen LogP contribution in [-0.2, 0) is 9.53 Å². The maximum atomic E-state index is 11.3. The minimum atomic E-state index is -0.456. The van der Waals surface area contributed by atoms with Gasteiger partial charge in [-0.05, 0) is 12.1 Å². The molecule has 1 amide bonds. The third kappa shape index (κ3) is 2.26. The molecule has 6 heteroatoms. The van der Waals surface area contributed by atoms with E-state index in [1.165, 1.54) is 19.1 Å². The largest absolute Gasteiger partial charge is 0.352 e. The van der Waals surface area contributed by atoms with Crippen LogP contribution in [0, 0.1) is 10.1 Å². The number of nitro benzene ring substituents is 1. The second kappa shape index (κ2) is 4.50. The van der Waals surface area contributed by atoms with Crippen LogP contribution in [0.5, 0.6) is 0 Å². The summed E-state index contributed by atoms with van der Waals surface area (Å²) in [6, 6.07) is 6.05. The highest BCUT2D eigenvalue weighted by Gasteiger charge is 2.28. The highest BCUT2D eigenvalue weighted by molar-refractivity contribution is 5.73.